The minimum Gasteiger partial charge on any atom is -0.494 e. The SMILES string of the molecule is CCOc1ccc(N2C[C@H](C(=O)Oc3ccc(N4C(=O)[C@H]5CC=CC[C@H]5C4=O)cc3)CC2=O)cc1. The summed E-state index contributed by atoms with van der Waals surface area (Å²) in [6.07, 6.45) is 5.12. The molecule has 5 rings (SSSR count). The van der Waals surface area contributed by atoms with Crippen molar-refractivity contribution in [2.75, 3.05) is 23.0 Å². The molecular weight excluding hydrogens is 448 g/mol. The number of amides is 3. The maximum atomic E-state index is 12.8. The molecule has 0 saturated carbocycles. The summed E-state index contributed by atoms with van der Waals surface area (Å²) in [7, 11) is 0. The maximum Gasteiger partial charge on any atom is 0.316 e. The zero-order valence-corrected chi connectivity index (χ0v) is 19.4. The topological polar surface area (TPSA) is 93.2 Å². The molecule has 8 nitrogen and oxygen atoms in total. The van der Waals surface area contributed by atoms with Crippen LogP contribution in [-0.2, 0) is 19.2 Å². The fraction of sp³-hybridized carbons (Fsp3) is 0.333. The van der Waals surface area contributed by atoms with Gasteiger partial charge in [0.15, 0.2) is 0 Å². The Morgan fingerprint density at radius 1 is 0.857 bits per heavy atom. The first-order valence-corrected chi connectivity index (χ1v) is 11.8. The number of fused-ring (bicyclic) bond motifs is 1. The smallest absolute Gasteiger partial charge is 0.316 e. The number of hydrogen-bond acceptors (Lipinski definition) is 6. The molecule has 2 aliphatic heterocycles. The highest BCUT2D eigenvalue weighted by Crippen LogP contribution is 2.38. The van der Waals surface area contributed by atoms with Crippen LogP contribution in [0.1, 0.15) is 26.2 Å². The average molecular weight is 475 g/mol. The summed E-state index contributed by atoms with van der Waals surface area (Å²) in [6.45, 7) is 2.69. The number of hydrogen-bond donors (Lipinski definition) is 0. The van der Waals surface area contributed by atoms with Gasteiger partial charge in [0.05, 0.1) is 30.0 Å². The maximum absolute atomic E-state index is 12.8. The van der Waals surface area contributed by atoms with Gasteiger partial charge in [0, 0.05) is 18.7 Å². The second kappa shape index (κ2) is 9.37. The van der Waals surface area contributed by atoms with Gasteiger partial charge in [0.1, 0.15) is 11.5 Å². The first-order chi connectivity index (χ1) is 17.0. The van der Waals surface area contributed by atoms with E-state index in [0.29, 0.717) is 36.6 Å². The molecule has 2 aromatic rings. The second-order valence-electron chi connectivity index (χ2n) is 8.91. The van der Waals surface area contributed by atoms with E-state index in [9.17, 15) is 19.2 Å². The third kappa shape index (κ3) is 4.32. The fourth-order valence-electron chi connectivity index (χ4n) is 4.92. The predicted molar refractivity (Wildman–Crippen MR) is 128 cm³/mol. The van der Waals surface area contributed by atoms with E-state index in [-0.39, 0.29) is 42.5 Å². The molecule has 0 N–H and O–H groups in total. The van der Waals surface area contributed by atoms with Gasteiger partial charge < -0.3 is 14.4 Å². The predicted octanol–water partition coefficient (Wildman–Crippen LogP) is 3.50. The highest BCUT2D eigenvalue weighted by Gasteiger charge is 2.47. The minimum atomic E-state index is -0.592. The largest absolute Gasteiger partial charge is 0.494 e. The van der Waals surface area contributed by atoms with Crippen LogP contribution in [0.15, 0.2) is 60.7 Å². The standard InChI is InChI=1S/C27H26N2O6/c1-2-34-20-11-7-18(8-12-20)28-16-17(15-24(28)30)27(33)35-21-13-9-19(10-14-21)29-25(31)22-5-3-4-6-23(22)26(29)32/h3-4,7-14,17,22-23H,2,5-6,15-16H2,1H3/t17-,22-,23+/m1/s1. The molecule has 180 valence electrons. The van der Waals surface area contributed by atoms with Crippen molar-refractivity contribution < 1.29 is 28.7 Å². The second-order valence-corrected chi connectivity index (χ2v) is 8.91. The summed E-state index contributed by atoms with van der Waals surface area (Å²) < 4.78 is 10.9. The lowest BCUT2D eigenvalue weighted by molar-refractivity contribution is -0.139. The van der Waals surface area contributed by atoms with E-state index < -0.39 is 11.9 Å². The van der Waals surface area contributed by atoms with Crippen LogP contribution in [0, 0.1) is 17.8 Å². The monoisotopic (exact) mass is 474 g/mol. The van der Waals surface area contributed by atoms with Crippen molar-refractivity contribution in [1.82, 2.24) is 0 Å². The van der Waals surface area contributed by atoms with Crippen molar-refractivity contribution in [3.8, 4) is 11.5 Å². The van der Waals surface area contributed by atoms with Crippen LogP contribution < -0.4 is 19.3 Å². The lowest BCUT2D eigenvalue weighted by atomic mass is 9.85. The summed E-state index contributed by atoms with van der Waals surface area (Å²) in [5, 5.41) is 0. The number of esters is 1. The number of imide groups is 1. The Balaban J connectivity index is 1.22. The summed E-state index contributed by atoms with van der Waals surface area (Å²) >= 11 is 0. The molecule has 2 fully saturated rings. The van der Waals surface area contributed by atoms with E-state index >= 15 is 0 Å². The quantitative estimate of drug-likeness (QED) is 0.275. The summed E-state index contributed by atoms with van der Waals surface area (Å²) in [5.74, 6) is -1.20. The zero-order valence-electron chi connectivity index (χ0n) is 19.4. The molecule has 35 heavy (non-hydrogen) atoms. The highest BCUT2D eigenvalue weighted by atomic mass is 16.5. The van der Waals surface area contributed by atoms with Crippen LogP contribution in [-0.4, -0.2) is 36.8 Å². The Labute approximate surface area is 203 Å². The number of carbonyl (C=O) groups is 4. The lowest BCUT2D eigenvalue weighted by Crippen LogP contribution is -2.30. The molecule has 0 spiro atoms. The van der Waals surface area contributed by atoms with E-state index in [1.54, 1.807) is 53.4 Å². The molecule has 3 atom stereocenters. The number of anilines is 2. The highest BCUT2D eigenvalue weighted by molar-refractivity contribution is 6.22. The van der Waals surface area contributed by atoms with Crippen LogP contribution in [0.4, 0.5) is 11.4 Å². The van der Waals surface area contributed by atoms with E-state index in [4.69, 9.17) is 9.47 Å². The molecule has 0 radical (unpaired) electrons. The van der Waals surface area contributed by atoms with Crippen molar-refractivity contribution >= 4 is 35.1 Å². The van der Waals surface area contributed by atoms with Crippen LogP contribution in [0.5, 0.6) is 11.5 Å². The summed E-state index contributed by atoms with van der Waals surface area (Å²) in [6, 6.07) is 13.5. The van der Waals surface area contributed by atoms with E-state index in [1.165, 1.54) is 4.90 Å². The van der Waals surface area contributed by atoms with E-state index in [2.05, 4.69) is 0 Å². The van der Waals surface area contributed by atoms with Gasteiger partial charge in [-0.2, -0.15) is 0 Å². The number of allylic oxidation sites excluding steroid dienone is 2. The van der Waals surface area contributed by atoms with Gasteiger partial charge in [-0.25, -0.2) is 0 Å². The average Bonchev–Trinajstić information content (AvgIpc) is 3.38. The molecular formula is C27H26N2O6. The van der Waals surface area contributed by atoms with Crippen molar-refractivity contribution in [1.29, 1.82) is 0 Å². The van der Waals surface area contributed by atoms with E-state index in [0.717, 1.165) is 5.75 Å². The molecule has 8 heteroatoms. The number of nitrogens with zero attached hydrogens (tertiary/aromatic N) is 2. The Morgan fingerprint density at radius 3 is 2.03 bits per heavy atom. The summed E-state index contributed by atoms with van der Waals surface area (Å²) in [5.41, 5.74) is 1.17. The van der Waals surface area contributed by atoms with Gasteiger partial charge >= 0.3 is 5.97 Å². The van der Waals surface area contributed by atoms with Crippen LogP contribution >= 0.6 is 0 Å². The lowest BCUT2D eigenvalue weighted by Gasteiger charge is -2.17. The zero-order chi connectivity index (χ0) is 24.5. The van der Waals surface area contributed by atoms with Crippen molar-refractivity contribution in [3.05, 3.63) is 60.7 Å². The Hall–Kier alpha value is -3.94. The number of rotatable bonds is 6. The molecule has 2 saturated heterocycles. The first kappa shape index (κ1) is 22.8. The van der Waals surface area contributed by atoms with Gasteiger partial charge in [-0.3, -0.25) is 24.1 Å². The Bertz CT molecular complexity index is 1160. The van der Waals surface area contributed by atoms with Gasteiger partial charge in [-0.15, -0.1) is 0 Å². The minimum absolute atomic E-state index is 0.0672. The molecule has 0 unspecified atom stereocenters. The Kier molecular flexibility index (Phi) is 6.11. The molecule has 3 amide bonds. The molecule has 0 aromatic heterocycles. The molecule has 2 heterocycles. The number of carbonyl (C=O) groups excluding carboxylic acids is 4. The molecule has 0 bridgehead atoms. The van der Waals surface area contributed by atoms with Crippen LogP contribution in [0.2, 0.25) is 0 Å². The third-order valence-electron chi connectivity index (χ3n) is 6.74. The molecule has 2 aromatic carbocycles. The Morgan fingerprint density at radius 2 is 1.43 bits per heavy atom. The van der Waals surface area contributed by atoms with Gasteiger partial charge in [-0.1, -0.05) is 12.2 Å². The number of benzene rings is 2. The fourth-order valence-corrected chi connectivity index (χ4v) is 4.92. The van der Waals surface area contributed by atoms with Crippen LogP contribution in [0.3, 0.4) is 0 Å². The van der Waals surface area contributed by atoms with Crippen LogP contribution in [0.25, 0.3) is 0 Å². The van der Waals surface area contributed by atoms with Gasteiger partial charge in [0.25, 0.3) is 0 Å². The molecule has 3 aliphatic rings. The first-order valence-electron chi connectivity index (χ1n) is 11.8. The van der Waals surface area contributed by atoms with Crippen molar-refractivity contribution in [2.45, 2.75) is 26.2 Å². The number of ether oxygens (including phenoxy) is 2. The normalized spacial score (nSPS) is 23.6. The van der Waals surface area contributed by atoms with Crippen molar-refractivity contribution in [2.24, 2.45) is 17.8 Å². The van der Waals surface area contributed by atoms with Gasteiger partial charge in [0.2, 0.25) is 17.7 Å². The summed E-state index contributed by atoms with van der Waals surface area (Å²) in [4.78, 5) is 53.6. The molecule has 1 aliphatic carbocycles. The van der Waals surface area contributed by atoms with E-state index in [1.807, 2.05) is 19.1 Å². The van der Waals surface area contributed by atoms with Gasteiger partial charge in [-0.05, 0) is 68.3 Å². The van der Waals surface area contributed by atoms with Crippen molar-refractivity contribution in [3.63, 3.8) is 0 Å². The third-order valence-corrected chi connectivity index (χ3v) is 6.74.